The number of aliphatic hydroxyl groups excluding tert-OH is 1. The Labute approximate surface area is 180 Å². The highest BCUT2D eigenvalue weighted by atomic mass is 16.5. The summed E-state index contributed by atoms with van der Waals surface area (Å²) in [6, 6.07) is 9.66. The van der Waals surface area contributed by atoms with E-state index in [2.05, 4.69) is 4.90 Å². The lowest BCUT2D eigenvalue weighted by molar-refractivity contribution is -0.129. The van der Waals surface area contributed by atoms with Crippen LogP contribution >= 0.6 is 0 Å². The lowest BCUT2D eigenvalue weighted by Gasteiger charge is -2.31. The van der Waals surface area contributed by atoms with Gasteiger partial charge in [-0.05, 0) is 36.8 Å². The molecule has 2 aliphatic heterocycles. The minimum Gasteiger partial charge on any atom is -0.503 e. The average Bonchev–Trinajstić information content (AvgIpc) is 3.41. The molecular weight excluding hydrogens is 400 g/mol. The summed E-state index contributed by atoms with van der Waals surface area (Å²) in [5, 5.41) is 10.7. The number of aliphatic hydroxyl groups is 1. The molecule has 2 aromatic rings. The second-order valence-electron chi connectivity index (χ2n) is 7.43. The summed E-state index contributed by atoms with van der Waals surface area (Å²) in [6.45, 7) is 6.23. The van der Waals surface area contributed by atoms with Crippen molar-refractivity contribution < 1.29 is 28.6 Å². The summed E-state index contributed by atoms with van der Waals surface area (Å²) >= 11 is 0. The zero-order chi connectivity index (χ0) is 21.8. The second-order valence-corrected chi connectivity index (χ2v) is 7.43. The molecular formula is C23H26N2O6. The van der Waals surface area contributed by atoms with E-state index in [4.69, 9.17) is 13.9 Å². The molecule has 1 aromatic carbocycles. The van der Waals surface area contributed by atoms with Gasteiger partial charge in [-0.25, -0.2) is 0 Å². The molecule has 3 heterocycles. The summed E-state index contributed by atoms with van der Waals surface area (Å²) in [4.78, 5) is 29.9. The van der Waals surface area contributed by atoms with Crippen LogP contribution < -0.4 is 4.74 Å². The first-order valence-corrected chi connectivity index (χ1v) is 10.4. The van der Waals surface area contributed by atoms with Crippen LogP contribution in [0.1, 0.15) is 29.1 Å². The molecule has 0 spiro atoms. The minimum absolute atomic E-state index is 0.0237. The normalized spacial score (nSPS) is 19.8. The van der Waals surface area contributed by atoms with Crippen molar-refractivity contribution in [3.8, 4) is 5.75 Å². The molecule has 8 heteroatoms. The van der Waals surface area contributed by atoms with E-state index in [0.29, 0.717) is 44.2 Å². The summed E-state index contributed by atoms with van der Waals surface area (Å²) < 4.78 is 16.3. The van der Waals surface area contributed by atoms with Crippen molar-refractivity contribution in [3.63, 3.8) is 0 Å². The number of furan rings is 1. The Kier molecular flexibility index (Phi) is 6.39. The van der Waals surface area contributed by atoms with Gasteiger partial charge in [0.15, 0.2) is 11.5 Å². The van der Waals surface area contributed by atoms with Crippen molar-refractivity contribution in [1.82, 2.24) is 9.80 Å². The van der Waals surface area contributed by atoms with Crippen molar-refractivity contribution in [2.45, 2.75) is 13.0 Å². The molecule has 0 bridgehead atoms. The zero-order valence-corrected chi connectivity index (χ0v) is 17.5. The molecule has 1 atom stereocenters. The number of ether oxygens (including phenoxy) is 2. The highest BCUT2D eigenvalue weighted by Crippen LogP contribution is 2.39. The third kappa shape index (κ3) is 4.35. The van der Waals surface area contributed by atoms with Gasteiger partial charge < -0.3 is 23.9 Å². The smallest absolute Gasteiger partial charge is 0.290 e. The highest BCUT2D eigenvalue weighted by Gasteiger charge is 2.44. The van der Waals surface area contributed by atoms with Gasteiger partial charge in [-0.15, -0.1) is 0 Å². The predicted molar refractivity (Wildman–Crippen MR) is 112 cm³/mol. The fourth-order valence-electron chi connectivity index (χ4n) is 4.02. The molecule has 1 saturated heterocycles. The zero-order valence-electron chi connectivity index (χ0n) is 17.5. The SMILES string of the molecule is CCOc1cccc(C2C(C(=O)c3ccco3)=C(O)C(=O)N2CCN2CCOCC2)c1. The van der Waals surface area contributed by atoms with Gasteiger partial charge in [0.2, 0.25) is 5.78 Å². The minimum atomic E-state index is -0.730. The van der Waals surface area contributed by atoms with Crippen LogP contribution in [0.2, 0.25) is 0 Å². The monoisotopic (exact) mass is 426 g/mol. The highest BCUT2D eigenvalue weighted by molar-refractivity contribution is 6.15. The number of benzene rings is 1. The number of rotatable bonds is 8. The summed E-state index contributed by atoms with van der Waals surface area (Å²) in [6.07, 6.45) is 1.39. The Hall–Kier alpha value is -3.10. The van der Waals surface area contributed by atoms with Crippen molar-refractivity contribution in [1.29, 1.82) is 0 Å². The lowest BCUT2D eigenvalue weighted by atomic mass is 9.95. The third-order valence-electron chi connectivity index (χ3n) is 5.54. The number of Topliss-reactive ketones (excluding diaryl/α,β-unsaturated/α-hetero) is 1. The van der Waals surface area contributed by atoms with Crippen molar-refractivity contribution >= 4 is 11.7 Å². The first kappa shape index (κ1) is 21.1. The summed E-state index contributed by atoms with van der Waals surface area (Å²) in [5.74, 6) is -0.881. The number of nitrogens with zero attached hydrogens (tertiary/aromatic N) is 2. The molecule has 0 radical (unpaired) electrons. The number of hydrogen-bond donors (Lipinski definition) is 1. The molecule has 4 rings (SSSR count). The molecule has 2 aliphatic rings. The number of carbonyl (C=O) groups is 2. The molecule has 1 amide bonds. The molecule has 1 N–H and O–H groups in total. The third-order valence-corrected chi connectivity index (χ3v) is 5.54. The van der Waals surface area contributed by atoms with Gasteiger partial charge in [-0.3, -0.25) is 14.5 Å². The van der Waals surface area contributed by atoms with Crippen molar-refractivity contribution in [2.75, 3.05) is 46.0 Å². The van der Waals surface area contributed by atoms with Crippen LogP contribution in [0.3, 0.4) is 0 Å². The van der Waals surface area contributed by atoms with Crippen LogP contribution in [0.4, 0.5) is 0 Å². The topological polar surface area (TPSA) is 92.5 Å². The standard InChI is InChI=1S/C23H26N2O6/c1-2-30-17-6-3-5-16(15-17)20-19(21(26)18-7-4-12-31-18)22(27)23(28)25(20)9-8-24-10-13-29-14-11-24/h3-7,12,15,20,27H,2,8-11,13-14H2,1H3. The fourth-order valence-corrected chi connectivity index (χ4v) is 4.02. The molecule has 0 aliphatic carbocycles. The Bertz CT molecular complexity index is 962. The van der Waals surface area contributed by atoms with Crippen molar-refractivity contribution in [2.24, 2.45) is 0 Å². The van der Waals surface area contributed by atoms with Gasteiger partial charge in [-0.1, -0.05) is 12.1 Å². The van der Waals surface area contributed by atoms with E-state index in [9.17, 15) is 14.7 Å². The largest absolute Gasteiger partial charge is 0.503 e. The second kappa shape index (κ2) is 9.36. The van der Waals surface area contributed by atoms with Gasteiger partial charge >= 0.3 is 0 Å². The molecule has 164 valence electrons. The Morgan fingerprint density at radius 1 is 1.19 bits per heavy atom. The van der Waals surface area contributed by atoms with Gasteiger partial charge in [0.1, 0.15) is 5.75 Å². The number of hydrogen-bond acceptors (Lipinski definition) is 7. The van der Waals surface area contributed by atoms with E-state index in [-0.39, 0.29) is 11.3 Å². The van der Waals surface area contributed by atoms with E-state index in [1.807, 2.05) is 25.1 Å². The Morgan fingerprint density at radius 2 is 2.00 bits per heavy atom. The van der Waals surface area contributed by atoms with E-state index in [1.165, 1.54) is 12.3 Å². The van der Waals surface area contributed by atoms with E-state index in [0.717, 1.165) is 13.1 Å². The summed E-state index contributed by atoms with van der Waals surface area (Å²) in [5.41, 5.74) is 0.718. The summed E-state index contributed by atoms with van der Waals surface area (Å²) in [7, 11) is 0. The van der Waals surface area contributed by atoms with Gasteiger partial charge in [0.05, 0.1) is 37.7 Å². The van der Waals surface area contributed by atoms with Gasteiger partial charge in [0.25, 0.3) is 5.91 Å². The molecule has 1 aromatic heterocycles. The Morgan fingerprint density at radius 3 is 2.71 bits per heavy atom. The lowest BCUT2D eigenvalue weighted by Crippen LogP contribution is -2.43. The van der Waals surface area contributed by atoms with E-state index in [1.54, 1.807) is 17.0 Å². The maximum absolute atomic E-state index is 13.2. The quantitative estimate of drug-likeness (QED) is 0.649. The van der Waals surface area contributed by atoms with Gasteiger partial charge in [0, 0.05) is 26.2 Å². The molecule has 0 saturated carbocycles. The van der Waals surface area contributed by atoms with Gasteiger partial charge in [-0.2, -0.15) is 0 Å². The van der Waals surface area contributed by atoms with Crippen LogP contribution in [-0.4, -0.2) is 72.6 Å². The van der Waals surface area contributed by atoms with Crippen LogP contribution in [0.15, 0.2) is 58.4 Å². The first-order valence-electron chi connectivity index (χ1n) is 10.4. The fraction of sp³-hybridized carbons (Fsp3) is 0.391. The molecule has 8 nitrogen and oxygen atoms in total. The number of ketones is 1. The van der Waals surface area contributed by atoms with Crippen LogP contribution in [0, 0.1) is 0 Å². The number of carbonyl (C=O) groups excluding carboxylic acids is 2. The number of morpholine rings is 1. The van der Waals surface area contributed by atoms with Crippen molar-refractivity contribution in [3.05, 3.63) is 65.3 Å². The predicted octanol–water partition coefficient (Wildman–Crippen LogP) is 2.59. The van der Waals surface area contributed by atoms with E-state index >= 15 is 0 Å². The maximum atomic E-state index is 13.2. The first-order chi connectivity index (χ1) is 15.1. The van der Waals surface area contributed by atoms with E-state index < -0.39 is 23.5 Å². The number of amides is 1. The average molecular weight is 426 g/mol. The van der Waals surface area contributed by atoms with Crippen LogP contribution in [0.25, 0.3) is 0 Å². The molecule has 1 unspecified atom stereocenters. The molecule has 1 fully saturated rings. The van der Waals surface area contributed by atoms with Crippen LogP contribution in [0.5, 0.6) is 5.75 Å². The van der Waals surface area contributed by atoms with Crippen LogP contribution in [-0.2, 0) is 9.53 Å². The Balaban J connectivity index is 1.67. The molecule has 31 heavy (non-hydrogen) atoms. The maximum Gasteiger partial charge on any atom is 0.290 e.